The summed E-state index contributed by atoms with van der Waals surface area (Å²) >= 11 is 17.8. The number of hydrogen-bond acceptors (Lipinski definition) is 3. The summed E-state index contributed by atoms with van der Waals surface area (Å²) in [7, 11) is 1.29. The summed E-state index contributed by atoms with van der Waals surface area (Å²) < 4.78 is 4.65. The summed E-state index contributed by atoms with van der Waals surface area (Å²) in [6.07, 6.45) is 1.38. The molecule has 1 heterocycles. The number of pyridine rings is 1. The molecule has 0 aliphatic rings. The molecule has 0 amide bonds. The third kappa shape index (κ3) is 3.00. The normalized spacial score (nSPS) is 10.3. The molecule has 1 aromatic heterocycles. The molecular formula is C13H8Cl3NO2. The molecule has 0 saturated heterocycles. The number of methoxy groups -OCH3 is 1. The Hall–Kier alpha value is -1.29. The minimum absolute atomic E-state index is 0.223. The van der Waals surface area contributed by atoms with E-state index in [4.69, 9.17) is 34.8 Å². The second kappa shape index (κ2) is 5.78. The zero-order valence-corrected chi connectivity index (χ0v) is 12.1. The second-order valence-electron chi connectivity index (χ2n) is 3.67. The summed E-state index contributed by atoms with van der Waals surface area (Å²) in [6, 6.07) is 6.55. The molecular weight excluding hydrogens is 309 g/mol. The third-order valence-corrected chi connectivity index (χ3v) is 3.32. The van der Waals surface area contributed by atoms with Gasteiger partial charge in [0.05, 0.1) is 28.4 Å². The second-order valence-corrected chi connectivity index (χ2v) is 4.92. The van der Waals surface area contributed by atoms with Crippen molar-refractivity contribution < 1.29 is 9.53 Å². The lowest BCUT2D eigenvalue weighted by molar-refractivity contribution is 0.0601. The maximum Gasteiger partial charge on any atom is 0.339 e. The largest absolute Gasteiger partial charge is 0.465 e. The fourth-order valence-corrected chi connectivity index (χ4v) is 2.24. The van der Waals surface area contributed by atoms with Crippen molar-refractivity contribution in [2.45, 2.75) is 0 Å². The van der Waals surface area contributed by atoms with Crippen LogP contribution in [0.3, 0.4) is 0 Å². The van der Waals surface area contributed by atoms with Crippen molar-refractivity contribution in [3.8, 4) is 11.3 Å². The molecule has 0 aliphatic carbocycles. The molecule has 0 aliphatic heterocycles. The Morgan fingerprint density at radius 1 is 1.16 bits per heavy atom. The monoisotopic (exact) mass is 315 g/mol. The smallest absolute Gasteiger partial charge is 0.339 e. The minimum Gasteiger partial charge on any atom is -0.465 e. The van der Waals surface area contributed by atoms with Crippen molar-refractivity contribution in [2.24, 2.45) is 0 Å². The number of rotatable bonds is 2. The molecule has 0 atom stereocenters. The lowest BCUT2D eigenvalue weighted by Gasteiger charge is -2.07. The van der Waals surface area contributed by atoms with Gasteiger partial charge in [-0.25, -0.2) is 4.79 Å². The molecule has 6 heteroatoms. The molecule has 0 unspecified atom stereocenters. The lowest BCUT2D eigenvalue weighted by Crippen LogP contribution is -2.03. The predicted octanol–water partition coefficient (Wildman–Crippen LogP) is 4.50. The molecule has 2 rings (SSSR count). The van der Waals surface area contributed by atoms with Crippen molar-refractivity contribution >= 4 is 40.8 Å². The van der Waals surface area contributed by atoms with Crippen LogP contribution >= 0.6 is 34.8 Å². The summed E-state index contributed by atoms with van der Waals surface area (Å²) in [5.41, 5.74) is 1.42. The van der Waals surface area contributed by atoms with Crippen molar-refractivity contribution in [3.63, 3.8) is 0 Å². The highest BCUT2D eigenvalue weighted by Gasteiger charge is 2.14. The SMILES string of the molecule is COC(=O)c1cc(-c2ccc(Cl)cc2Cl)ncc1Cl. The van der Waals surface area contributed by atoms with Gasteiger partial charge in [-0.3, -0.25) is 4.98 Å². The minimum atomic E-state index is -0.529. The van der Waals surface area contributed by atoms with E-state index in [9.17, 15) is 4.79 Å². The number of benzene rings is 1. The van der Waals surface area contributed by atoms with Crippen LogP contribution in [0.5, 0.6) is 0 Å². The molecule has 0 spiro atoms. The molecule has 0 fully saturated rings. The number of halogens is 3. The van der Waals surface area contributed by atoms with Gasteiger partial charge >= 0.3 is 5.97 Å². The number of carbonyl (C=O) groups is 1. The molecule has 0 bridgehead atoms. The van der Waals surface area contributed by atoms with Crippen LogP contribution in [0.2, 0.25) is 15.1 Å². The first kappa shape index (κ1) is 14.1. The Morgan fingerprint density at radius 2 is 1.89 bits per heavy atom. The van der Waals surface area contributed by atoms with Crippen molar-refractivity contribution in [3.05, 3.63) is 51.1 Å². The van der Waals surface area contributed by atoms with Crippen LogP contribution in [0.15, 0.2) is 30.5 Å². The van der Waals surface area contributed by atoms with Crippen LogP contribution in [-0.2, 0) is 4.74 Å². The average molecular weight is 317 g/mol. The van der Waals surface area contributed by atoms with Crippen LogP contribution in [-0.4, -0.2) is 18.1 Å². The summed E-state index contributed by atoms with van der Waals surface area (Å²) in [6.45, 7) is 0. The highest BCUT2D eigenvalue weighted by Crippen LogP contribution is 2.30. The lowest BCUT2D eigenvalue weighted by atomic mass is 10.1. The van der Waals surface area contributed by atoms with Gasteiger partial charge in [0, 0.05) is 16.8 Å². The standard InChI is InChI=1S/C13H8Cl3NO2/c1-19-13(18)9-5-12(17-6-11(9)16)8-3-2-7(14)4-10(8)15/h2-6H,1H3. The molecule has 1 aromatic carbocycles. The maximum atomic E-state index is 11.6. The quantitative estimate of drug-likeness (QED) is 0.766. The van der Waals surface area contributed by atoms with Crippen molar-refractivity contribution in [1.29, 1.82) is 0 Å². The molecule has 0 saturated carbocycles. The highest BCUT2D eigenvalue weighted by molar-refractivity contribution is 6.36. The van der Waals surface area contributed by atoms with Gasteiger partial charge in [-0.1, -0.05) is 34.8 Å². The van der Waals surface area contributed by atoms with Gasteiger partial charge in [-0.05, 0) is 24.3 Å². The Kier molecular flexibility index (Phi) is 4.30. The predicted molar refractivity (Wildman–Crippen MR) is 76.0 cm³/mol. The summed E-state index contributed by atoms with van der Waals surface area (Å²) in [5, 5.41) is 1.19. The molecule has 98 valence electrons. The van der Waals surface area contributed by atoms with Gasteiger partial charge < -0.3 is 4.74 Å². The van der Waals surface area contributed by atoms with Gasteiger partial charge in [0.15, 0.2) is 0 Å². The van der Waals surface area contributed by atoms with Gasteiger partial charge in [-0.2, -0.15) is 0 Å². The van der Waals surface area contributed by atoms with Crippen LogP contribution < -0.4 is 0 Å². The third-order valence-electron chi connectivity index (χ3n) is 2.47. The van der Waals surface area contributed by atoms with Crippen LogP contribution in [0.25, 0.3) is 11.3 Å². The summed E-state index contributed by atoms with van der Waals surface area (Å²) in [4.78, 5) is 15.7. The molecule has 0 radical (unpaired) electrons. The number of ether oxygens (including phenoxy) is 1. The Bertz CT molecular complexity index is 644. The Balaban J connectivity index is 2.54. The van der Waals surface area contributed by atoms with E-state index in [2.05, 4.69) is 9.72 Å². The van der Waals surface area contributed by atoms with E-state index in [0.717, 1.165) is 0 Å². The number of aromatic nitrogens is 1. The van der Waals surface area contributed by atoms with Crippen LogP contribution in [0, 0.1) is 0 Å². The van der Waals surface area contributed by atoms with E-state index in [1.165, 1.54) is 19.4 Å². The van der Waals surface area contributed by atoms with Crippen molar-refractivity contribution in [1.82, 2.24) is 4.98 Å². The van der Waals surface area contributed by atoms with Gasteiger partial charge in [0.2, 0.25) is 0 Å². The number of hydrogen-bond donors (Lipinski definition) is 0. The van der Waals surface area contributed by atoms with Gasteiger partial charge in [-0.15, -0.1) is 0 Å². The van der Waals surface area contributed by atoms with E-state index in [-0.39, 0.29) is 10.6 Å². The van der Waals surface area contributed by atoms with E-state index in [1.54, 1.807) is 18.2 Å². The first-order valence-corrected chi connectivity index (χ1v) is 6.35. The highest BCUT2D eigenvalue weighted by atomic mass is 35.5. The van der Waals surface area contributed by atoms with Crippen LogP contribution in [0.4, 0.5) is 0 Å². The topological polar surface area (TPSA) is 39.2 Å². The molecule has 3 nitrogen and oxygen atoms in total. The zero-order valence-electron chi connectivity index (χ0n) is 9.78. The molecule has 2 aromatic rings. The van der Waals surface area contributed by atoms with Crippen LogP contribution in [0.1, 0.15) is 10.4 Å². The van der Waals surface area contributed by atoms with Gasteiger partial charge in [0.1, 0.15) is 0 Å². The Labute approximate surface area is 125 Å². The van der Waals surface area contributed by atoms with E-state index in [0.29, 0.717) is 21.3 Å². The van der Waals surface area contributed by atoms with Crippen molar-refractivity contribution in [2.75, 3.05) is 7.11 Å². The first-order valence-electron chi connectivity index (χ1n) is 5.22. The van der Waals surface area contributed by atoms with E-state index < -0.39 is 5.97 Å². The van der Waals surface area contributed by atoms with Gasteiger partial charge in [0.25, 0.3) is 0 Å². The fraction of sp³-hybridized carbons (Fsp3) is 0.0769. The number of nitrogens with zero attached hydrogens (tertiary/aromatic N) is 1. The Morgan fingerprint density at radius 3 is 2.53 bits per heavy atom. The first-order chi connectivity index (χ1) is 9.02. The summed E-state index contributed by atoms with van der Waals surface area (Å²) in [5.74, 6) is -0.529. The van der Waals surface area contributed by atoms with E-state index in [1.807, 2.05) is 0 Å². The maximum absolute atomic E-state index is 11.6. The number of esters is 1. The molecule has 19 heavy (non-hydrogen) atoms. The zero-order chi connectivity index (χ0) is 14.0. The average Bonchev–Trinajstić information content (AvgIpc) is 2.39. The molecule has 0 N–H and O–H groups in total. The fourth-order valence-electron chi connectivity index (χ4n) is 1.55. The number of carbonyl (C=O) groups excluding carboxylic acids is 1. The van der Waals surface area contributed by atoms with E-state index >= 15 is 0 Å².